The van der Waals surface area contributed by atoms with Crippen LogP contribution in [0.1, 0.15) is 55.6 Å². The number of ether oxygens (including phenoxy) is 3. The van der Waals surface area contributed by atoms with E-state index in [4.69, 9.17) is 9.47 Å². The highest BCUT2D eigenvalue weighted by Gasteiger charge is 2.88. The maximum Gasteiger partial charge on any atom is 0.169 e. The molecule has 2 aliphatic rings. The van der Waals surface area contributed by atoms with Crippen LogP contribution in [0, 0.1) is 0 Å². The van der Waals surface area contributed by atoms with Crippen molar-refractivity contribution in [3.05, 3.63) is 359 Å². The Balaban J connectivity index is 1.31. The maximum absolute atomic E-state index is 9.28. The van der Waals surface area contributed by atoms with Gasteiger partial charge < -0.3 is 14.2 Å². The molecule has 0 saturated carbocycles. The Labute approximate surface area is 404 Å². The molecular formula is C66H50O3. The zero-order valence-electron chi connectivity index (χ0n) is 38.1. The number of rotatable bonds is 14. The fraction of sp³-hybridized carbons (Fsp3) is 0.0909. The first-order chi connectivity index (χ1) is 34.2. The van der Waals surface area contributed by atoms with Gasteiger partial charge in [-0.1, -0.05) is 303 Å². The van der Waals surface area contributed by atoms with Crippen molar-refractivity contribution < 1.29 is 14.2 Å². The van der Waals surface area contributed by atoms with Gasteiger partial charge in [-0.3, -0.25) is 0 Å². The molecule has 2 aliphatic heterocycles. The van der Waals surface area contributed by atoms with Gasteiger partial charge in [0.05, 0.1) is 0 Å². The Bertz CT molecular complexity index is 2880. The summed E-state index contributed by atoms with van der Waals surface area (Å²) in [6.07, 6.45) is 0. The minimum absolute atomic E-state index is 0.916. The molecule has 0 N–H and O–H groups in total. The Morgan fingerprint density at radius 3 is 0.594 bits per heavy atom. The molecule has 0 spiro atoms. The highest BCUT2D eigenvalue weighted by atomic mass is 16.7. The third-order valence-corrected chi connectivity index (χ3v) is 14.6. The molecular weight excluding hydrogens is 841 g/mol. The van der Waals surface area contributed by atoms with Crippen molar-refractivity contribution in [3.8, 4) is 0 Å². The lowest BCUT2D eigenvalue weighted by Gasteiger charge is -2.52. The molecule has 2 saturated heterocycles. The molecule has 332 valence electrons. The van der Waals surface area contributed by atoms with Crippen LogP contribution in [-0.4, -0.2) is 0 Å². The molecule has 0 amide bonds. The molecule has 10 aromatic carbocycles. The van der Waals surface area contributed by atoms with Gasteiger partial charge in [0.15, 0.2) is 33.6 Å². The summed E-state index contributed by atoms with van der Waals surface area (Å²) >= 11 is 0. The van der Waals surface area contributed by atoms with E-state index >= 15 is 0 Å². The Hall–Kier alpha value is -7.92. The second-order valence-electron chi connectivity index (χ2n) is 18.1. The standard InChI is InChI=1S/C66H50O3/c1-11-31-51(32-12-1)61(52-33-13-2-14-34-52,65(59-47-27-9-28-48-59)63(68-65,55-39-19-5-20-40-55)56-41-21-6-22-42-56)67-62(53-35-15-3-16-36-53,54-37-17-4-18-38-54)66(60-49-29-10-30-50-60)64(69-66,57-43-23-7-24-44-57)58-45-25-8-26-46-58/h1-50H. The Morgan fingerprint density at radius 1 is 0.217 bits per heavy atom. The summed E-state index contributed by atoms with van der Waals surface area (Å²) in [4.78, 5) is 0. The van der Waals surface area contributed by atoms with Crippen LogP contribution in [0.5, 0.6) is 0 Å². The molecule has 3 nitrogen and oxygen atoms in total. The predicted molar refractivity (Wildman–Crippen MR) is 274 cm³/mol. The summed E-state index contributed by atoms with van der Waals surface area (Å²) in [5, 5.41) is 0. The topological polar surface area (TPSA) is 34.3 Å². The van der Waals surface area contributed by atoms with E-state index in [0.29, 0.717) is 0 Å². The quantitative estimate of drug-likeness (QED) is 0.102. The van der Waals surface area contributed by atoms with E-state index < -0.39 is 33.6 Å². The van der Waals surface area contributed by atoms with Gasteiger partial charge in [-0.05, 0) is 55.6 Å². The van der Waals surface area contributed by atoms with Gasteiger partial charge in [0.1, 0.15) is 0 Å². The average Bonchev–Trinajstić information content (AvgIpc) is 4.37. The molecule has 10 aromatic rings. The van der Waals surface area contributed by atoms with E-state index in [9.17, 15) is 4.74 Å². The van der Waals surface area contributed by atoms with Gasteiger partial charge in [-0.25, -0.2) is 0 Å². The first-order valence-electron chi connectivity index (χ1n) is 23.8. The minimum atomic E-state index is -1.49. The van der Waals surface area contributed by atoms with Crippen molar-refractivity contribution in [2.45, 2.75) is 33.6 Å². The molecule has 2 fully saturated rings. The fourth-order valence-corrected chi connectivity index (χ4v) is 11.8. The molecule has 12 rings (SSSR count). The summed E-state index contributed by atoms with van der Waals surface area (Å²) in [5.74, 6) is 0. The van der Waals surface area contributed by atoms with E-state index in [1.165, 1.54) is 0 Å². The normalized spacial score (nSPS) is 19.0. The summed E-state index contributed by atoms with van der Waals surface area (Å²) in [7, 11) is 0. The third-order valence-electron chi connectivity index (χ3n) is 14.6. The van der Waals surface area contributed by atoms with E-state index in [2.05, 4.69) is 303 Å². The van der Waals surface area contributed by atoms with Gasteiger partial charge in [0.2, 0.25) is 0 Å². The van der Waals surface area contributed by atoms with Crippen molar-refractivity contribution in [2.24, 2.45) is 0 Å². The van der Waals surface area contributed by atoms with Crippen LogP contribution in [0.25, 0.3) is 0 Å². The van der Waals surface area contributed by atoms with Crippen molar-refractivity contribution in [3.63, 3.8) is 0 Å². The molecule has 0 aliphatic carbocycles. The molecule has 2 heterocycles. The average molecular weight is 891 g/mol. The largest absolute Gasteiger partial charge is 0.343 e. The number of hydrogen-bond donors (Lipinski definition) is 0. The van der Waals surface area contributed by atoms with Crippen LogP contribution in [-0.2, 0) is 47.8 Å². The van der Waals surface area contributed by atoms with Crippen LogP contribution in [0.15, 0.2) is 303 Å². The molecule has 2 atom stereocenters. The van der Waals surface area contributed by atoms with Crippen LogP contribution in [0.2, 0.25) is 0 Å². The highest BCUT2D eigenvalue weighted by molar-refractivity contribution is 5.63. The van der Waals surface area contributed by atoms with Crippen LogP contribution < -0.4 is 0 Å². The third kappa shape index (κ3) is 6.11. The van der Waals surface area contributed by atoms with Gasteiger partial charge in [0.25, 0.3) is 0 Å². The Kier molecular flexibility index (Phi) is 10.5. The zero-order valence-corrected chi connectivity index (χ0v) is 38.1. The summed E-state index contributed by atoms with van der Waals surface area (Å²) in [5.41, 5.74) is 1.86. The molecule has 2 unspecified atom stereocenters. The molecule has 3 heteroatoms. The predicted octanol–water partition coefficient (Wildman–Crippen LogP) is 14.6. The second kappa shape index (κ2) is 17.0. The van der Waals surface area contributed by atoms with Crippen LogP contribution >= 0.6 is 0 Å². The van der Waals surface area contributed by atoms with Crippen molar-refractivity contribution in [1.29, 1.82) is 0 Å². The molecule has 0 bridgehead atoms. The van der Waals surface area contributed by atoms with E-state index in [1.807, 2.05) is 0 Å². The summed E-state index contributed by atoms with van der Waals surface area (Å²) < 4.78 is 25.6. The zero-order chi connectivity index (χ0) is 46.3. The van der Waals surface area contributed by atoms with E-state index in [-0.39, 0.29) is 0 Å². The number of benzene rings is 10. The van der Waals surface area contributed by atoms with Gasteiger partial charge in [-0.15, -0.1) is 0 Å². The van der Waals surface area contributed by atoms with Crippen molar-refractivity contribution in [2.75, 3.05) is 0 Å². The smallest absolute Gasteiger partial charge is 0.169 e. The first kappa shape index (κ1) is 42.4. The SMILES string of the molecule is c1ccc(C(OC(c2ccccc2)(c2ccccc2)C2(c3ccccc3)OC2(c2ccccc2)c2ccccc2)(c2ccccc2)C2(c3ccccc3)OC2(c2ccccc2)c2ccccc2)cc1. The molecule has 0 radical (unpaired) electrons. The van der Waals surface area contributed by atoms with Crippen LogP contribution in [0.3, 0.4) is 0 Å². The van der Waals surface area contributed by atoms with Gasteiger partial charge in [0, 0.05) is 0 Å². The van der Waals surface area contributed by atoms with Gasteiger partial charge >= 0.3 is 0 Å². The maximum atomic E-state index is 9.28. The first-order valence-corrected chi connectivity index (χ1v) is 23.8. The van der Waals surface area contributed by atoms with E-state index in [1.54, 1.807) is 0 Å². The van der Waals surface area contributed by atoms with Crippen LogP contribution in [0.4, 0.5) is 0 Å². The fourth-order valence-electron chi connectivity index (χ4n) is 11.8. The lowest BCUT2D eigenvalue weighted by Crippen LogP contribution is -2.58. The molecule has 69 heavy (non-hydrogen) atoms. The van der Waals surface area contributed by atoms with Crippen molar-refractivity contribution in [1.82, 2.24) is 0 Å². The van der Waals surface area contributed by atoms with Gasteiger partial charge in [-0.2, -0.15) is 0 Å². The highest BCUT2D eigenvalue weighted by Crippen LogP contribution is 2.80. The summed E-state index contributed by atoms with van der Waals surface area (Å²) in [6.45, 7) is 0. The van der Waals surface area contributed by atoms with Crippen molar-refractivity contribution >= 4 is 0 Å². The summed E-state index contributed by atoms with van der Waals surface area (Å²) in [6, 6.07) is 107. The number of hydrogen-bond acceptors (Lipinski definition) is 3. The second-order valence-corrected chi connectivity index (χ2v) is 18.1. The number of epoxide rings is 2. The lowest BCUT2D eigenvalue weighted by molar-refractivity contribution is -0.194. The monoisotopic (exact) mass is 890 g/mol. The lowest BCUT2D eigenvalue weighted by atomic mass is 9.60. The Morgan fingerprint density at radius 2 is 0.391 bits per heavy atom. The minimum Gasteiger partial charge on any atom is -0.343 e. The van der Waals surface area contributed by atoms with E-state index in [0.717, 1.165) is 55.6 Å². The molecule has 0 aromatic heterocycles.